The topological polar surface area (TPSA) is 47.4 Å². The van der Waals surface area contributed by atoms with Crippen molar-refractivity contribution in [2.75, 3.05) is 19.7 Å². The highest BCUT2D eigenvalue weighted by Gasteiger charge is 2.27. The fourth-order valence-electron chi connectivity index (χ4n) is 3.42. The number of aromatic nitrogens is 2. The number of amides is 1. The van der Waals surface area contributed by atoms with Gasteiger partial charge in [-0.1, -0.05) is 23.2 Å². The summed E-state index contributed by atoms with van der Waals surface area (Å²) in [4.78, 5) is 14.4. The predicted octanol–water partition coefficient (Wildman–Crippen LogP) is 4.02. The largest absolute Gasteiger partial charge is 0.370 e. The monoisotopic (exact) mass is 413 g/mol. The second-order valence-corrected chi connectivity index (χ2v) is 7.57. The van der Waals surface area contributed by atoms with E-state index in [0.717, 1.165) is 17.0 Å². The van der Waals surface area contributed by atoms with Crippen molar-refractivity contribution in [2.24, 2.45) is 7.05 Å². The molecule has 1 saturated heterocycles. The standard InChI is InChI=1S/C19H22Cl2FN3O2/c1-11-13(12(2)24(3)23-11)4-5-19(26)25-6-7-27-18(10-25)14-8-17(22)16(21)9-15(14)20/h8-9,18H,4-7,10H2,1-3H3. The van der Waals surface area contributed by atoms with Crippen LogP contribution in [-0.2, 0) is 23.0 Å². The molecule has 0 bridgehead atoms. The zero-order chi connectivity index (χ0) is 19.7. The molecule has 0 radical (unpaired) electrons. The van der Waals surface area contributed by atoms with E-state index in [9.17, 15) is 9.18 Å². The molecule has 146 valence electrons. The first-order chi connectivity index (χ1) is 12.8. The fourth-order valence-corrected chi connectivity index (χ4v) is 3.92. The Morgan fingerprint density at radius 3 is 2.74 bits per heavy atom. The average Bonchev–Trinajstić information content (AvgIpc) is 2.88. The minimum atomic E-state index is -0.550. The van der Waals surface area contributed by atoms with Crippen molar-refractivity contribution >= 4 is 29.1 Å². The van der Waals surface area contributed by atoms with Crippen LogP contribution in [0.4, 0.5) is 4.39 Å². The van der Waals surface area contributed by atoms with Gasteiger partial charge in [0.1, 0.15) is 11.9 Å². The summed E-state index contributed by atoms with van der Waals surface area (Å²) in [5.41, 5.74) is 3.64. The van der Waals surface area contributed by atoms with E-state index in [1.807, 2.05) is 25.6 Å². The lowest BCUT2D eigenvalue weighted by atomic mass is 10.1. The van der Waals surface area contributed by atoms with Crippen LogP contribution in [0.2, 0.25) is 10.0 Å². The van der Waals surface area contributed by atoms with Crippen molar-refractivity contribution in [1.29, 1.82) is 0 Å². The maximum atomic E-state index is 13.8. The Kier molecular flexibility index (Phi) is 6.08. The van der Waals surface area contributed by atoms with Gasteiger partial charge >= 0.3 is 0 Å². The van der Waals surface area contributed by atoms with Gasteiger partial charge in [0, 0.05) is 36.3 Å². The molecule has 1 fully saturated rings. The van der Waals surface area contributed by atoms with Crippen LogP contribution < -0.4 is 0 Å². The van der Waals surface area contributed by atoms with Gasteiger partial charge in [0.15, 0.2) is 0 Å². The summed E-state index contributed by atoms with van der Waals surface area (Å²) < 4.78 is 21.4. The first kappa shape index (κ1) is 20.1. The van der Waals surface area contributed by atoms with Crippen molar-refractivity contribution < 1.29 is 13.9 Å². The Hall–Kier alpha value is -1.63. The molecule has 3 rings (SSSR count). The van der Waals surface area contributed by atoms with Crippen LogP contribution in [0.5, 0.6) is 0 Å². The maximum absolute atomic E-state index is 13.8. The lowest BCUT2D eigenvalue weighted by molar-refractivity contribution is -0.139. The number of morpholine rings is 1. The van der Waals surface area contributed by atoms with Gasteiger partial charge in [-0.15, -0.1) is 0 Å². The molecule has 2 heterocycles. The van der Waals surface area contributed by atoms with Crippen LogP contribution in [0.15, 0.2) is 12.1 Å². The molecule has 2 aromatic rings. The van der Waals surface area contributed by atoms with Gasteiger partial charge in [-0.25, -0.2) is 4.39 Å². The van der Waals surface area contributed by atoms with E-state index in [0.29, 0.717) is 43.1 Å². The summed E-state index contributed by atoms with van der Waals surface area (Å²) in [6, 6.07) is 2.65. The molecule has 0 spiro atoms. The number of hydrogen-bond acceptors (Lipinski definition) is 3. The van der Waals surface area contributed by atoms with Gasteiger partial charge < -0.3 is 9.64 Å². The number of halogens is 3. The minimum Gasteiger partial charge on any atom is -0.370 e. The average molecular weight is 414 g/mol. The van der Waals surface area contributed by atoms with Gasteiger partial charge in [-0.2, -0.15) is 5.10 Å². The van der Waals surface area contributed by atoms with Gasteiger partial charge in [0.05, 0.1) is 23.9 Å². The molecule has 1 atom stereocenters. The third kappa shape index (κ3) is 4.28. The fraction of sp³-hybridized carbons (Fsp3) is 0.474. The molecule has 1 amide bonds. The molecule has 27 heavy (non-hydrogen) atoms. The number of carbonyl (C=O) groups excluding carboxylic acids is 1. The van der Waals surface area contributed by atoms with Crippen LogP contribution >= 0.6 is 23.2 Å². The number of nitrogens with zero attached hydrogens (tertiary/aromatic N) is 3. The molecule has 1 aliphatic heterocycles. The van der Waals surface area contributed by atoms with E-state index < -0.39 is 11.9 Å². The Balaban J connectivity index is 1.67. The van der Waals surface area contributed by atoms with Crippen LogP contribution in [-0.4, -0.2) is 40.3 Å². The van der Waals surface area contributed by atoms with Gasteiger partial charge in [0.2, 0.25) is 5.91 Å². The lowest BCUT2D eigenvalue weighted by Crippen LogP contribution is -2.42. The van der Waals surface area contributed by atoms with Gasteiger partial charge in [0.25, 0.3) is 0 Å². The summed E-state index contributed by atoms with van der Waals surface area (Å²) >= 11 is 12.0. The normalized spacial score (nSPS) is 17.4. The first-order valence-electron chi connectivity index (χ1n) is 8.80. The lowest BCUT2D eigenvalue weighted by Gasteiger charge is -2.33. The molecule has 8 heteroatoms. The van der Waals surface area contributed by atoms with E-state index in [2.05, 4.69) is 5.10 Å². The van der Waals surface area contributed by atoms with E-state index in [4.69, 9.17) is 27.9 Å². The van der Waals surface area contributed by atoms with E-state index in [1.54, 1.807) is 4.90 Å². The zero-order valence-corrected chi connectivity index (χ0v) is 17.1. The maximum Gasteiger partial charge on any atom is 0.223 e. The molecule has 1 unspecified atom stereocenters. The summed E-state index contributed by atoms with van der Waals surface area (Å²) in [5, 5.41) is 4.69. The van der Waals surface area contributed by atoms with E-state index in [1.165, 1.54) is 12.1 Å². The van der Waals surface area contributed by atoms with Crippen molar-refractivity contribution in [2.45, 2.75) is 32.8 Å². The Labute approximate surface area is 168 Å². The first-order valence-corrected chi connectivity index (χ1v) is 9.56. The number of ether oxygens (including phenoxy) is 1. The van der Waals surface area contributed by atoms with Crippen molar-refractivity contribution in [3.05, 3.63) is 50.5 Å². The third-order valence-corrected chi connectivity index (χ3v) is 5.67. The third-order valence-electron chi connectivity index (χ3n) is 5.05. The quantitative estimate of drug-likeness (QED) is 0.711. The summed E-state index contributed by atoms with van der Waals surface area (Å²) in [5.74, 6) is -0.512. The molecule has 0 N–H and O–H groups in total. The second-order valence-electron chi connectivity index (χ2n) is 6.76. The van der Waals surface area contributed by atoms with Crippen LogP contribution in [0.1, 0.15) is 35.0 Å². The van der Waals surface area contributed by atoms with Crippen LogP contribution in [0.25, 0.3) is 0 Å². The number of hydrogen-bond donors (Lipinski definition) is 0. The summed E-state index contributed by atoms with van der Waals surface area (Å²) in [6.07, 6.45) is 0.565. The molecular weight excluding hydrogens is 392 g/mol. The minimum absolute atomic E-state index is 0.0327. The SMILES string of the molecule is Cc1nn(C)c(C)c1CCC(=O)N1CCOC(c2cc(F)c(Cl)cc2Cl)C1. The molecule has 5 nitrogen and oxygen atoms in total. The number of aryl methyl sites for hydroxylation is 2. The molecular formula is C19H22Cl2FN3O2. The molecule has 1 aromatic carbocycles. The highest BCUT2D eigenvalue weighted by atomic mass is 35.5. The molecule has 1 aliphatic rings. The summed E-state index contributed by atoms with van der Waals surface area (Å²) in [6.45, 7) is 5.18. The van der Waals surface area contributed by atoms with Crippen molar-refractivity contribution in [3.63, 3.8) is 0 Å². The van der Waals surface area contributed by atoms with Crippen LogP contribution in [0.3, 0.4) is 0 Å². The molecule has 0 saturated carbocycles. The van der Waals surface area contributed by atoms with Crippen molar-refractivity contribution in [1.82, 2.24) is 14.7 Å². The van der Waals surface area contributed by atoms with E-state index in [-0.39, 0.29) is 10.9 Å². The predicted molar refractivity (Wildman–Crippen MR) is 103 cm³/mol. The Morgan fingerprint density at radius 1 is 1.33 bits per heavy atom. The number of carbonyl (C=O) groups is 1. The molecule has 1 aromatic heterocycles. The number of benzene rings is 1. The smallest absolute Gasteiger partial charge is 0.223 e. The number of rotatable bonds is 4. The zero-order valence-electron chi connectivity index (χ0n) is 15.6. The van der Waals surface area contributed by atoms with Gasteiger partial charge in [-0.05, 0) is 38.0 Å². The highest BCUT2D eigenvalue weighted by molar-refractivity contribution is 6.35. The molecule has 0 aliphatic carbocycles. The van der Waals surface area contributed by atoms with Crippen molar-refractivity contribution in [3.8, 4) is 0 Å². The highest BCUT2D eigenvalue weighted by Crippen LogP contribution is 2.32. The van der Waals surface area contributed by atoms with Gasteiger partial charge in [-0.3, -0.25) is 9.48 Å². The van der Waals surface area contributed by atoms with E-state index >= 15 is 0 Å². The summed E-state index contributed by atoms with van der Waals surface area (Å²) in [7, 11) is 1.90. The Morgan fingerprint density at radius 2 is 2.07 bits per heavy atom. The van der Waals surface area contributed by atoms with Crippen LogP contribution in [0, 0.1) is 19.7 Å². The Bertz CT molecular complexity index is 869. The second kappa shape index (κ2) is 8.17.